The van der Waals surface area contributed by atoms with Crippen LogP contribution in [0.1, 0.15) is 29.7 Å². The number of fused-ring (bicyclic) bond motifs is 1. The smallest absolute Gasteiger partial charge is 0.180 e. The maximum Gasteiger partial charge on any atom is 0.180 e. The van der Waals surface area contributed by atoms with E-state index in [1.807, 2.05) is 0 Å². The molecule has 0 aliphatic heterocycles. The van der Waals surface area contributed by atoms with Gasteiger partial charge < -0.3 is 10.7 Å². The molecule has 0 spiro atoms. The molecule has 4 heteroatoms. The molecule has 3 aromatic rings. The van der Waals surface area contributed by atoms with Crippen molar-refractivity contribution in [1.82, 2.24) is 9.97 Å². The molecule has 0 bridgehead atoms. The summed E-state index contributed by atoms with van der Waals surface area (Å²) >= 11 is 1.51. The van der Waals surface area contributed by atoms with Crippen LogP contribution in [0, 0.1) is 6.92 Å². The highest BCUT2D eigenvalue weighted by Gasteiger charge is 2.13. The molecule has 2 heterocycles. The molecule has 98 valence electrons. The number of hydrogen-bond acceptors (Lipinski definition) is 3. The fraction of sp³-hybridized carbons (Fsp3) is 0.267. The number of hydrogen-bond donors (Lipinski definition) is 2. The van der Waals surface area contributed by atoms with Gasteiger partial charge in [-0.05, 0) is 31.0 Å². The third-order valence-electron chi connectivity index (χ3n) is 3.49. The normalized spacial score (nSPS) is 12.9. The quantitative estimate of drug-likeness (QED) is 0.760. The Balaban J connectivity index is 1.91. The highest BCUT2D eigenvalue weighted by molar-refractivity contribution is 7.13. The lowest BCUT2D eigenvalue weighted by Crippen LogP contribution is -1.99. The first kappa shape index (κ1) is 12.2. The van der Waals surface area contributed by atoms with Gasteiger partial charge in [0.2, 0.25) is 0 Å². The van der Waals surface area contributed by atoms with Gasteiger partial charge in [-0.1, -0.05) is 18.6 Å². The number of nitrogens with zero attached hydrogens (tertiary/aromatic N) is 1. The van der Waals surface area contributed by atoms with Gasteiger partial charge in [-0.3, -0.25) is 0 Å². The summed E-state index contributed by atoms with van der Waals surface area (Å²) in [4.78, 5) is 7.71. The van der Waals surface area contributed by atoms with E-state index in [1.165, 1.54) is 33.4 Å². The van der Waals surface area contributed by atoms with Crippen molar-refractivity contribution in [1.29, 1.82) is 0 Å². The molecule has 0 radical (unpaired) electrons. The first-order valence-corrected chi connectivity index (χ1v) is 7.29. The van der Waals surface area contributed by atoms with Crippen LogP contribution >= 0.6 is 11.3 Å². The highest BCUT2D eigenvalue weighted by atomic mass is 32.1. The van der Waals surface area contributed by atoms with E-state index in [0.717, 1.165) is 12.1 Å². The third-order valence-corrected chi connectivity index (χ3v) is 4.19. The Kier molecular flexibility index (Phi) is 3.03. The molecule has 0 fully saturated rings. The first-order chi connectivity index (χ1) is 9.13. The standard InChI is InChI=1S/C15H17N3S/c1-9-3-4-13-12(5-9)11(7-17-13)6-10(2)14-8-19-15(16)18-14/h3-5,7-8,10,17H,6H2,1-2H3,(H2,16,18)/t10-/m0/s1. The first-order valence-electron chi connectivity index (χ1n) is 6.41. The van der Waals surface area contributed by atoms with E-state index in [0.29, 0.717) is 11.0 Å². The molecule has 0 aliphatic carbocycles. The number of rotatable bonds is 3. The number of thiazole rings is 1. The lowest BCUT2D eigenvalue weighted by Gasteiger charge is -2.07. The molecule has 3 N–H and O–H groups in total. The van der Waals surface area contributed by atoms with Crippen LogP contribution < -0.4 is 5.73 Å². The number of nitrogens with one attached hydrogen (secondary N) is 1. The maximum atomic E-state index is 5.70. The Labute approximate surface area is 116 Å². The number of anilines is 1. The van der Waals surface area contributed by atoms with Crippen LogP contribution in [0.25, 0.3) is 10.9 Å². The topological polar surface area (TPSA) is 54.7 Å². The average molecular weight is 271 g/mol. The van der Waals surface area contributed by atoms with Crippen molar-refractivity contribution in [3.05, 3.63) is 46.6 Å². The molecule has 1 atom stereocenters. The number of aryl methyl sites for hydroxylation is 1. The van der Waals surface area contributed by atoms with Gasteiger partial charge in [-0.15, -0.1) is 11.3 Å². The van der Waals surface area contributed by atoms with Gasteiger partial charge in [-0.25, -0.2) is 4.98 Å². The molecule has 19 heavy (non-hydrogen) atoms. The molecule has 1 aromatic carbocycles. The summed E-state index contributed by atoms with van der Waals surface area (Å²) in [7, 11) is 0. The van der Waals surface area contributed by atoms with E-state index in [2.05, 4.69) is 53.6 Å². The van der Waals surface area contributed by atoms with E-state index in [9.17, 15) is 0 Å². The van der Waals surface area contributed by atoms with Crippen LogP contribution in [-0.2, 0) is 6.42 Å². The van der Waals surface area contributed by atoms with Crippen LogP contribution in [0.15, 0.2) is 29.8 Å². The number of aromatic nitrogens is 2. The van der Waals surface area contributed by atoms with Crippen molar-refractivity contribution in [3.8, 4) is 0 Å². The van der Waals surface area contributed by atoms with Crippen molar-refractivity contribution < 1.29 is 0 Å². The van der Waals surface area contributed by atoms with Crippen LogP contribution in [0.5, 0.6) is 0 Å². The second-order valence-corrected chi connectivity index (χ2v) is 5.97. The third kappa shape index (κ3) is 2.36. The number of H-pyrrole nitrogens is 1. The van der Waals surface area contributed by atoms with Crippen LogP contribution in [-0.4, -0.2) is 9.97 Å². The zero-order valence-electron chi connectivity index (χ0n) is 11.1. The monoisotopic (exact) mass is 271 g/mol. The Morgan fingerprint density at radius 1 is 1.42 bits per heavy atom. The second-order valence-electron chi connectivity index (χ2n) is 5.08. The van der Waals surface area contributed by atoms with E-state index >= 15 is 0 Å². The lowest BCUT2D eigenvalue weighted by atomic mass is 9.98. The van der Waals surface area contributed by atoms with Crippen LogP contribution in [0.2, 0.25) is 0 Å². The number of nitrogens with two attached hydrogens (primary N) is 1. The van der Waals surface area contributed by atoms with Crippen molar-refractivity contribution in [2.24, 2.45) is 0 Å². The summed E-state index contributed by atoms with van der Waals surface area (Å²) in [5.74, 6) is 0.382. The minimum Gasteiger partial charge on any atom is -0.375 e. The van der Waals surface area contributed by atoms with Crippen molar-refractivity contribution in [2.75, 3.05) is 5.73 Å². The Morgan fingerprint density at radius 2 is 2.26 bits per heavy atom. The molecular formula is C15H17N3S. The van der Waals surface area contributed by atoms with E-state index in [-0.39, 0.29) is 0 Å². The largest absolute Gasteiger partial charge is 0.375 e. The molecule has 0 saturated carbocycles. The molecule has 0 amide bonds. The molecule has 0 unspecified atom stereocenters. The van der Waals surface area contributed by atoms with Crippen LogP contribution in [0.4, 0.5) is 5.13 Å². The summed E-state index contributed by atoms with van der Waals surface area (Å²) in [6, 6.07) is 6.51. The molecule has 3 rings (SSSR count). The van der Waals surface area contributed by atoms with Crippen molar-refractivity contribution in [2.45, 2.75) is 26.2 Å². The fourth-order valence-corrected chi connectivity index (χ4v) is 3.11. The Hall–Kier alpha value is -1.81. The number of nitrogen functional groups attached to an aromatic ring is 1. The van der Waals surface area contributed by atoms with E-state index in [1.54, 1.807) is 0 Å². The van der Waals surface area contributed by atoms with E-state index in [4.69, 9.17) is 5.73 Å². The Bertz CT molecular complexity index is 711. The fourth-order valence-electron chi connectivity index (χ4n) is 2.42. The Morgan fingerprint density at radius 3 is 3.00 bits per heavy atom. The molecule has 3 nitrogen and oxygen atoms in total. The van der Waals surface area contributed by atoms with Gasteiger partial charge in [0.05, 0.1) is 5.69 Å². The molecule has 2 aromatic heterocycles. The van der Waals surface area contributed by atoms with Gasteiger partial charge in [0.25, 0.3) is 0 Å². The number of benzene rings is 1. The minimum atomic E-state index is 0.382. The van der Waals surface area contributed by atoms with Gasteiger partial charge >= 0.3 is 0 Å². The zero-order chi connectivity index (χ0) is 13.4. The molecule has 0 saturated heterocycles. The summed E-state index contributed by atoms with van der Waals surface area (Å²) in [5.41, 5.74) is 10.6. The SMILES string of the molecule is Cc1ccc2[nH]cc(C[C@H](C)c3csc(N)n3)c2c1. The lowest BCUT2D eigenvalue weighted by molar-refractivity contribution is 0.741. The molecule has 0 aliphatic rings. The van der Waals surface area contributed by atoms with Gasteiger partial charge in [-0.2, -0.15) is 0 Å². The molecular weight excluding hydrogens is 254 g/mol. The van der Waals surface area contributed by atoms with Gasteiger partial charge in [0.15, 0.2) is 5.13 Å². The predicted molar refractivity (Wildman–Crippen MR) is 81.7 cm³/mol. The summed E-state index contributed by atoms with van der Waals surface area (Å²) in [6.07, 6.45) is 3.09. The van der Waals surface area contributed by atoms with Gasteiger partial charge in [0.1, 0.15) is 0 Å². The van der Waals surface area contributed by atoms with Crippen LogP contribution in [0.3, 0.4) is 0 Å². The summed E-state index contributed by atoms with van der Waals surface area (Å²) < 4.78 is 0. The number of aromatic amines is 1. The van der Waals surface area contributed by atoms with E-state index < -0.39 is 0 Å². The summed E-state index contributed by atoms with van der Waals surface area (Å²) in [5, 5.41) is 4.02. The predicted octanol–water partition coefficient (Wildman–Crippen LogP) is 3.86. The zero-order valence-corrected chi connectivity index (χ0v) is 11.9. The maximum absolute atomic E-state index is 5.70. The van der Waals surface area contributed by atoms with Gasteiger partial charge in [0, 0.05) is 28.4 Å². The minimum absolute atomic E-state index is 0.382. The average Bonchev–Trinajstić information content (AvgIpc) is 2.97. The highest BCUT2D eigenvalue weighted by Crippen LogP contribution is 2.27. The summed E-state index contributed by atoms with van der Waals surface area (Å²) in [6.45, 7) is 4.32. The van der Waals surface area contributed by atoms with Crippen molar-refractivity contribution in [3.63, 3.8) is 0 Å². The van der Waals surface area contributed by atoms with Crippen molar-refractivity contribution >= 4 is 27.4 Å². The second kappa shape index (κ2) is 4.70.